The minimum atomic E-state index is -0.897. The maximum absolute atomic E-state index is 12.4. The summed E-state index contributed by atoms with van der Waals surface area (Å²) in [4.78, 5) is 28.4. The minimum absolute atomic E-state index is 0.0120. The third-order valence-corrected chi connectivity index (χ3v) is 2.80. The molecule has 1 heterocycles. The number of nitrogens with zero attached hydrogens (tertiary/aromatic N) is 3. The van der Waals surface area contributed by atoms with Gasteiger partial charge in [-0.3, -0.25) is 9.59 Å². The molecule has 110 valence electrons. The largest absolute Gasteiger partial charge is 0.481 e. The van der Waals surface area contributed by atoms with Crippen LogP contribution in [0.2, 0.25) is 0 Å². The van der Waals surface area contributed by atoms with E-state index >= 15 is 0 Å². The summed E-state index contributed by atoms with van der Waals surface area (Å²) in [5, 5.41) is 12.3. The van der Waals surface area contributed by atoms with Gasteiger partial charge in [-0.1, -0.05) is 23.4 Å². The Labute approximate surface area is 121 Å². The fourth-order valence-corrected chi connectivity index (χ4v) is 1.85. The lowest BCUT2D eigenvalue weighted by Gasteiger charge is -2.20. The van der Waals surface area contributed by atoms with E-state index in [1.54, 1.807) is 31.2 Å². The Hall–Kier alpha value is -2.70. The number of carbonyl (C=O) groups excluding carboxylic acids is 1. The summed E-state index contributed by atoms with van der Waals surface area (Å²) >= 11 is 0. The van der Waals surface area contributed by atoms with E-state index in [9.17, 15) is 9.59 Å². The zero-order chi connectivity index (χ0) is 15.2. The summed E-state index contributed by atoms with van der Waals surface area (Å²) in [5.41, 5.74) is 0.662. The lowest BCUT2D eigenvalue weighted by Crippen LogP contribution is -2.33. The highest BCUT2D eigenvalue weighted by Gasteiger charge is 2.22. The molecule has 0 saturated carbocycles. The van der Waals surface area contributed by atoms with Crippen LogP contribution >= 0.6 is 0 Å². The SMILES string of the molecule is Cc1nc(C(=O)N(CCCC(=O)O)c2ccccc2)no1. The molecule has 0 bridgehead atoms. The van der Waals surface area contributed by atoms with Crippen molar-refractivity contribution in [2.45, 2.75) is 19.8 Å². The number of amides is 1. The molecular weight excluding hydrogens is 274 g/mol. The van der Waals surface area contributed by atoms with Crippen LogP contribution in [0.4, 0.5) is 5.69 Å². The van der Waals surface area contributed by atoms with Gasteiger partial charge in [0.15, 0.2) is 0 Å². The van der Waals surface area contributed by atoms with Gasteiger partial charge in [-0.25, -0.2) is 0 Å². The van der Waals surface area contributed by atoms with Crippen LogP contribution in [0.1, 0.15) is 29.4 Å². The van der Waals surface area contributed by atoms with Crippen LogP contribution in [-0.2, 0) is 4.79 Å². The number of hydrogen-bond acceptors (Lipinski definition) is 5. The fraction of sp³-hybridized carbons (Fsp3) is 0.286. The highest BCUT2D eigenvalue weighted by molar-refractivity contribution is 6.03. The molecule has 0 aliphatic carbocycles. The molecule has 21 heavy (non-hydrogen) atoms. The van der Waals surface area contributed by atoms with Crippen LogP contribution in [0.3, 0.4) is 0 Å². The number of aryl methyl sites for hydroxylation is 1. The van der Waals surface area contributed by atoms with Crippen molar-refractivity contribution >= 4 is 17.6 Å². The second-order valence-electron chi connectivity index (χ2n) is 4.43. The Morgan fingerprint density at radius 3 is 2.57 bits per heavy atom. The second kappa shape index (κ2) is 6.65. The van der Waals surface area contributed by atoms with Gasteiger partial charge in [-0.15, -0.1) is 0 Å². The maximum atomic E-state index is 12.4. The second-order valence-corrected chi connectivity index (χ2v) is 4.43. The number of anilines is 1. The number of para-hydroxylation sites is 1. The van der Waals surface area contributed by atoms with Gasteiger partial charge in [0.25, 0.3) is 11.7 Å². The first kappa shape index (κ1) is 14.7. The molecule has 1 amide bonds. The summed E-state index contributed by atoms with van der Waals surface area (Å²) in [7, 11) is 0. The first-order valence-corrected chi connectivity index (χ1v) is 6.47. The Balaban J connectivity index is 2.19. The maximum Gasteiger partial charge on any atom is 0.303 e. The van der Waals surface area contributed by atoms with Crippen molar-refractivity contribution < 1.29 is 19.2 Å². The molecule has 0 radical (unpaired) electrons. The number of rotatable bonds is 6. The van der Waals surface area contributed by atoms with E-state index in [0.29, 0.717) is 18.0 Å². The molecule has 0 fully saturated rings. The van der Waals surface area contributed by atoms with E-state index in [4.69, 9.17) is 9.63 Å². The average Bonchev–Trinajstić information content (AvgIpc) is 2.90. The average molecular weight is 289 g/mol. The predicted octanol–water partition coefficient (Wildman–Crippen LogP) is 1.89. The zero-order valence-corrected chi connectivity index (χ0v) is 11.5. The number of aliphatic carboxylic acids is 1. The number of hydrogen-bond donors (Lipinski definition) is 1. The molecule has 0 atom stereocenters. The van der Waals surface area contributed by atoms with Crippen molar-refractivity contribution in [3.05, 3.63) is 42.0 Å². The Morgan fingerprint density at radius 2 is 2.00 bits per heavy atom. The highest BCUT2D eigenvalue weighted by Crippen LogP contribution is 2.16. The number of aromatic nitrogens is 2. The third-order valence-electron chi connectivity index (χ3n) is 2.80. The lowest BCUT2D eigenvalue weighted by molar-refractivity contribution is -0.137. The van der Waals surface area contributed by atoms with E-state index in [0.717, 1.165) is 0 Å². The van der Waals surface area contributed by atoms with Gasteiger partial charge in [-0.05, 0) is 18.6 Å². The fourth-order valence-electron chi connectivity index (χ4n) is 1.85. The van der Waals surface area contributed by atoms with Crippen LogP contribution in [-0.4, -0.2) is 33.7 Å². The Morgan fingerprint density at radius 1 is 1.29 bits per heavy atom. The van der Waals surface area contributed by atoms with Gasteiger partial charge < -0.3 is 14.5 Å². The summed E-state index contributed by atoms with van der Waals surface area (Å²) in [6.07, 6.45) is 0.328. The first-order chi connectivity index (χ1) is 10.1. The van der Waals surface area contributed by atoms with Crippen LogP contribution in [0.5, 0.6) is 0 Å². The summed E-state index contributed by atoms with van der Waals surface area (Å²) in [6.45, 7) is 1.86. The van der Waals surface area contributed by atoms with E-state index < -0.39 is 11.9 Å². The predicted molar refractivity (Wildman–Crippen MR) is 74.0 cm³/mol. The number of carbonyl (C=O) groups is 2. The van der Waals surface area contributed by atoms with Crippen molar-refractivity contribution in [3.8, 4) is 0 Å². The molecule has 1 aromatic carbocycles. The summed E-state index contributed by atoms with van der Waals surface area (Å²) < 4.78 is 4.81. The van der Waals surface area contributed by atoms with Crippen LogP contribution in [0.25, 0.3) is 0 Å². The molecule has 7 heteroatoms. The van der Waals surface area contributed by atoms with Crippen molar-refractivity contribution in [3.63, 3.8) is 0 Å². The molecule has 0 saturated heterocycles. The third kappa shape index (κ3) is 3.88. The summed E-state index contributed by atoms with van der Waals surface area (Å²) in [6, 6.07) is 8.97. The molecule has 7 nitrogen and oxygen atoms in total. The van der Waals surface area contributed by atoms with Gasteiger partial charge in [0.05, 0.1) is 0 Å². The molecule has 2 rings (SSSR count). The van der Waals surface area contributed by atoms with E-state index in [-0.39, 0.29) is 18.8 Å². The minimum Gasteiger partial charge on any atom is -0.481 e. The first-order valence-electron chi connectivity index (χ1n) is 6.47. The van der Waals surface area contributed by atoms with Crippen molar-refractivity contribution in [1.82, 2.24) is 10.1 Å². The van der Waals surface area contributed by atoms with E-state index in [1.807, 2.05) is 6.07 Å². The van der Waals surface area contributed by atoms with Gasteiger partial charge in [0.1, 0.15) is 0 Å². The van der Waals surface area contributed by atoms with Crippen LogP contribution in [0, 0.1) is 6.92 Å². The molecule has 0 spiro atoms. The number of carboxylic acid groups (broad SMARTS) is 1. The molecule has 0 aliphatic rings. The number of benzene rings is 1. The smallest absolute Gasteiger partial charge is 0.303 e. The molecule has 0 unspecified atom stereocenters. The zero-order valence-electron chi connectivity index (χ0n) is 11.5. The van der Waals surface area contributed by atoms with Gasteiger partial charge in [-0.2, -0.15) is 4.98 Å². The Bertz CT molecular complexity index is 624. The topological polar surface area (TPSA) is 96.5 Å². The van der Waals surface area contributed by atoms with E-state index in [2.05, 4.69) is 10.1 Å². The monoisotopic (exact) mass is 289 g/mol. The van der Waals surface area contributed by atoms with Crippen molar-refractivity contribution in [2.75, 3.05) is 11.4 Å². The van der Waals surface area contributed by atoms with Gasteiger partial charge in [0, 0.05) is 25.6 Å². The lowest BCUT2D eigenvalue weighted by atomic mass is 10.2. The van der Waals surface area contributed by atoms with Gasteiger partial charge in [0.2, 0.25) is 5.89 Å². The quantitative estimate of drug-likeness (QED) is 0.872. The molecule has 1 N–H and O–H groups in total. The van der Waals surface area contributed by atoms with Crippen LogP contribution < -0.4 is 4.90 Å². The Kier molecular flexibility index (Phi) is 4.65. The molecule has 0 aliphatic heterocycles. The molecule has 1 aromatic heterocycles. The van der Waals surface area contributed by atoms with Crippen molar-refractivity contribution in [2.24, 2.45) is 0 Å². The number of carboxylic acids is 1. The molecular formula is C14H15N3O4. The normalized spacial score (nSPS) is 10.3. The van der Waals surface area contributed by atoms with Crippen LogP contribution in [0.15, 0.2) is 34.9 Å². The summed E-state index contributed by atoms with van der Waals surface area (Å²) in [5.74, 6) is -1.04. The molecule has 2 aromatic rings. The standard InChI is InChI=1S/C14H15N3O4/c1-10-15-13(16-21-10)14(20)17(9-5-8-12(18)19)11-6-3-2-4-7-11/h2-4,6-7H,5,8-9H2,1H3,(H,18,19). The van der Waals surface area contributed by atoms with E-state index in [1.165, 1.54) is 4.90 Å². The van der Waals surface area contributed by atoms with Crippen molar-refractivity contribution in [1.29, 1.82) is 0 Å². The highest BCUT2D eigenvalue weighted by atomic mass is 16.5. The van der Waals surface area contributed by atoms with Gasteiger partial charge >= 0.3 is 5.97 Å².